The molecule has 2 aliphatic heterocycles. The molecule has 1 amide bonds. The van der Waals surface area contributed by atoms with Crippen LogP contribution in [0.3, 0.4) is 0 Å². The number of methoxy groups -OCH3 is 1. The first-order valence-electron chi connectivity index (χ1n) is 15.2. The number of cyclic esters (lactones) is 1. The fourth-order valence-corrected chi connectivity index (χ4v) is 6.42. The number of hydrogen-bond acceptors (Lipinski definition) is 7. The molecule has 3 aromatic rings. The number of benzene rings is 2. The second-order valence-corrected chi connectivity index (χ2v) is 12.3. The van der Waals surface area contributed by atoms with E-state index in [4.69, 9.17) is 19.4 Å². The van der Waals surface area contributed by atoms with Crippen molar-refractivity contribution in [1.82, 2.24) is 14.9 Å². The van der Waals surface area contributed by atoms with Crippen molar-refractivity contribution in [2.75, 3.05) is 25.1 Å². The molecule has 250 valence electrons. The minimum Gasteiger partial charge on any atom is -0.496 e. The second-order valence-electron chi connectivity index (χ2n) is 12.3. The Morgan fingerprint density at radius 3 is 2.19 bits per heavy atom. The maximum absolute atomic E-state index is 13.6. The van der Waals surface area contributed by atoms with E-state index in [-0.39, 0.29) is 24.4 Å². The maximum Gasteiger partial charge on any atom is 0.416 e. The van der Waals surface area contributed by atoms with Gasteiger partial charge in [-0.3, -0.25) is 4.90 Å². The van der Waals surface area contributed by atoms with Crippen LogP contribution < -0.4 is 9.64 Å². The molecule has 3 aliphatic rings. The Morgan fingerprint density at radius 2 is 1.64 bits per heavy atom. The van der Waals surface area contributed by atoms with E-state index in [0.29, 0.717) is 46.3 Å². The molecule has 2 atom stereocenters. The van der Waals surface area contributed by atoms with Gasteiger partial charge in [0.2, 0.25) is 5.95 Å². The van der Waals surface area contributed by atoms with Crippen molar-refractivity contribution in [3.05, 3.63) is 70.0 Å². The molecular weight excluding hydrogens is 630 g/mol. The van der Waals surface area contributed by atoms with Gasteiger partial charge in [-0.15, -0.1) is 0 Å². The number of alkyl halides is 6. The number of ether oxygens (including phenoxy) is 2. The summed E-state index contributed by atoms with van der Waals surface area (Å²) in [5.41, 5.74) is -0.151. The summed E-state index contributed by atoms with van der Waals surface area (Å²) in [6.45, 7) is 4.62. The van der Waals surface area contributed by atoms with E-state index in [2.05, 4.69) is 0 Å². The van der Waals surface area contributed by atoms with Crippen LogP contribution in [-0.4, -0.2) is 53.5 Å². The van der Waals surface area contributed by atoms with Crippen molar-refractivity contribution in [2.24, 2.45) is 5.92 Å². The number of carbonyl (C=O) groups excluding carboxylic acids is 2. The molecule has 6 rings (SSSR count). The molecule has 2 aromatic carbocycles. The Labute approximate surface area is 266 Å². The van der Waals surface area contributed by atoms with Crippen LogP contribution in [-0.2, 0) is 28.4 Å². The monoisotopic (exact) mass is 662 g/mol. The molecule has 14 heteroatoms. The topological polar surface area (TPSA) is 84.9 Å². The van der Waals surface area contributed by atoms with Gasteiger partial charge in [-0.2, -0.15) is 26.3 Å². The van der Waals surface area contributed by atoms with E-state index >= 15 is 0 Å². The number of hydrogen-bond donors (Lipinski definition) is 0. The summed E-state index contributed by atoms with van der Waals surface area (Å²) in [6.07, 6.45) is -9.08. The van der Waals surface area contributed by atoms with Crippen LogP contribution in [0, 0.1) is 12.8 Å². The molecule has 1 saturated carbocycles. The number of nitrogens with zero attached hydrogens (tertiary/aromatic N) is 4. The maximum atomic E-state index is 13.6. The van der Waals surface area contributed by atoms with Gasteiger partial charge in [-0.25, -0.2) is 14.8 Å². The Balaban J connectivity index is 1.39. The van der Waals surface area contributed by atoms with Crippen molar-refractivity contribution < 1.29 is 45.4 Å². The lowest BCUT2D eigenvalue weighted by molar-refractivity contribution is -0.143. The number of aldehydes is 1. The van der Waals surface area contributed by atoms with Gasteiger partial charge in [0.05, 0.1) is 42.2 Å². The molecule has 0 unspecified atom stereocenters. The molecule has 3 fully saturated rings. The average molecular weight is 663 g/mol. The number of aryl methyl sites for hydroxylation is 1. The van der Waals surface area contributed by atoms with Crippen LogP contribution in [0.4, 0.5) is 37.1 Å². The van der Waals surface area contributed by atoms with E-state index in [0.717, 1.165) is 44.2 Å². The molecule has 1 aliphatic carbocycles. The van der Waals surface area contributed by atoms with Gasteiger partial charge < -0.3 is 19.2 Å². The summed E-state index contributed by atoms with van der Waals surface area (Å²) in [7, 11) is 1.52. The third-order valence-corrected chi connectivity index (χ3v) is 9.27. The number of aromatic nitrogens is 2. The van der Waals surface area contributed by atoms with Gasteiger partial charge in [-0.1, -0.05) is 6.07 Å². The predicted molar refractivity (Wildman–Crippen MR) is 158 cm³/mol. The fourth-order valence-electron chi connectivity index (χ4n) is 6.42. The van der Waals surface area contributed by atoms with Crippen LogP contribution in [0.5, 0.6) is 5.75 Å². The lowest BCUT2D eigenvalue weighted by atomic mass is 9.72. The minimum atomic E-state index is -5.05. The van der Waals surface area contributed by atoms with Gasteiger partial charge in [-0.05, 0) is 80.5 Å². The van der Waals surface area contributed by atoms with E-state index < -0.39 is 47.3 Å². The highest BCUT2D eigenvalue weighted by Gasteiger charge is 2.44. The summed E-state index contributed by atoms with van der Waals surface area (Å²) in [5.74, 6) is 1.13. The zero-order valence-electron chi connectivity index (χ0n) is 25.8. The van der Waals surface area contributed by atoms with E-state index in [1.165, 1.54) is 18.9 Å². The largest absolute Gasteiger partial charge is 0.496 e. The van der Waals surface area contributed by atoms with Crippen molar-refractivity contribution in [2.45, 2.75) is 70.1 Å². The van der Waals surface area contributed by atoms with Gasteiger partial charge >= 0.3 is 18.4 Å². The number of anilines is 1. The van der Waals surface area contributed by atoms with Gasteiger partial charge in [0.15, 0.2) is 0 Å². The normalized spacial score (nSPS) is 22.9. The average Bonchev–Trinajstić information content (AvgIpc) is 3.23. The van der Waals surface area contributed by atoms with Crippen LogP contribution in [0.15, 0.2) is 36.4 Å². The molecule has 2 saturated heterocycles. The zero-order chi connectivity index (χ0) is 33.8. The van der Waals surface area contributed by atoms with Crippen LogP contribution in [0.25, 0.3) is 11.1 Å². The first-order chi connectivity index (χ1) is 22.2. The number of rotatable bonds is 8. The Bertz CT molecular complexity index is 1670. The molecule has 47 heavy (non-hydrogen) atoms. The van der Waals surface area contributed by atoms with Crippen LogP contribution >= 0.6 is 0 Å². The van der Waals surface area contributed by atoms with Crippen molar-refractivity contribution >= 4 is 18.3 Å². The van der Waals surface area contributed by atoms with E-state index in [1.54, 1.807) is 6.92 Å². The predicted octanol–water partition coefficient (Wildman–Crippen LogP) is 7.48. The number of amides is 1. The highest BCUT2D eigenvalue weighted by atomic mass is 19.4. The van der Waals surface area contributed by atoms with E-state index in [9.17, 15) is 35.9 Å². The molecule has 8 nitrogen and oxygen atoms in total. The summed E-state index contributed by atoms with van der Waals surface area (Å²) in [6, 6.07) is 5.97. The standard InChI is InChI=1S/C33H32F6N4O4/c1-17-28(25-13-20(5-6-27(25)46-3)21-9-19(10-21)16-44)26(41-30(40-17)42-7-4-8-42)15-43-18(2)29(47-31(43)45)22-11-23(32(34,35)36)14-24(12-22)33(37,38)39/h5-6,11-14,16,18-19,21,29H,4,7-10,15H2,1-3H3/t18-,19?,21?,29-/m0/s1. The second kappa shape index (κ2) is 12.0. The van der Waals surface area contributed by atoms with Gasteiger partial charge in [0.1, 0.15) is 18.1 Å². The third-order valence-electron chi connectivity index (χ3n) is 9.27. The van der Waals surface area contributed by atoms with Crippen molar-refractivity contribution in [3.63, 3.8) is 0 Å². The fraction of sp³-hybridized carbons (Fsp3) is 0.455. The lowest BCUT2D eigenvalue weighted by Crippen LogP contribution is -2.39. The van der Waals surface area contributed by atoms with Gasteiger partial charge in [0, 0.05) is 30.1 Å². The third kappa shape index (κ3) is 6.21. The molecule has 1 aromatic heterocycles. The Morgan fingerprint density at radius 1 is 0.979 bits per heavy atom. The summed E-state index contributed by atoms with van der Waals surface area (Å²) in [4.78, 5) is 37.3. The number of halogens is 6. The molecule has 0 radical (unpaired) electrons. The minimum absolute atomic E-state index is 0.00152. The molecule has 0 spiro atoms. The zero-order valence-corrected chi connectivity index (χ0v) is 25.8. The van der Waals surface area contributed by atoms with Crippen LogP contribution in [0.1, 0.15) is 71.8 Å². The molecule has 0 N–H and O–H groups in total. The first-order valence-corrected chi connectivity index (χ1v) is 15.2. The summed E-state index contributed by atoms with van der Waals surface area (Å²) in [5, 5.41) is 0. The Hall–Kier alpha value is -4.36. The quantitative estimate of drug-likeness (QED) is 0.183. The smallest absolute Gasteiger partial charge is 0.416 e. The first kappa shape index (κ1) is 32.6. The van der Waals surface area contributed by atoms with Crippen LogP contribution in [0.2, 0.25) is 0 Å². The molecule has 3 heterocycles. The summed E-state index contributed by atoms with van der Waals surface area (Å²) < 4.78 is 92.8. The Kier molecular flexibility index (Phi) is 8.33. The van der Waals surface area contributed by atoms with Gasteiger partial charge in [0.25, 0.3) is 0 Å². The summed E-state index contributed by atoms with van der Waals surface area (Å²) >= 11 is 0. The lowest BCUT2D eigenvalue weighted by Gasteiger charge is -2.33. The highest BCUT2D eigenvalue weighted by molar-refractivity contribution is 5.77. The molecular formula is C33H32F6N4O4. The SMILES string of the molecule is COc1ccc(C2CC(C=O)C2)cc1-c1c(C)nc(N2CCC2)nc1CN1C(=O)O[C@H](c2cc(C(F)(F)F)cc(C(F)(F)F)c2)[C@@H]1C. The van der Waals surface area contributed by atoms with Crippen molar-refractivity contribution in [3.8, 4) is 16.9 Å². The van der Waals surface area contributed by atoms with Crippen molar-refractivity contribution in [1.29, 1.82) is 0 Å². The highest BCUT2D eigenvalue weighted by Crippen LogP contribution is 2.45. The number of carbonyl (C=O) groups is 2. The van der Waals surface area contributed by atoms with E-state index in [1.807, 2.05) is 23.1 Å². The molecule has 0 bridgehead atoms.